The Morgan fingerprint density at radius 3 is 3.00 bits per heavy atom. The topological polar surface area (TPSA) is 37.4 Å². The molecule has 2 saturated heterocycles. The van der Waals surface area contributed by atoms with Gasteiger partial charge in [0.15, 0.2) is 0 Å². The fourth-order valence-corrected chi connectivity index (χ4v) is 3.80. The van der Waals surface area contributed by atoms with Gasteiger partial charge in [-0.1, -0.05) is 0 Å². The van der Waals surface area contributed by atoms with Crippen LogP contribution in [0.25, 0.3) is 0 Å². The molecular weight excluding hydrogens is 250 g/mol. The Hall–Kier alpha value is -1.13. The molecule has 2 fully saturated rings. The molecule has 2 aliphatic rings. The van der Waals surface area contributed by atoms with Crippen LogP contribution in [0, 0.1) is 13.8 Å². The number of hydrogen-bond donors (Lipinski definition) is 1. The number of nitrogens with zero attached hydrogens (tertiary/aromatic N) is 2. The standard InChI is InChI=1S/C16H25N3O/c1-11-9-17-14(12(2)16(11)20-3)10-18-13-6-8-19-7-4-5-15(13)19/h9,13,15,18H,4-8,10H2,1-3H3. The van der Waals surface area contributed by atoms with E-state index in [1.807, 2.05) is 13.1 Å². The van der Waals surface area contributed by atoms with Crippen molar-refractivity contribution in [1.82, 2.24) is 15.2 Å². The molecule has 0 spiro atoms. The number of methoxy groups -OCH3 is 1. The zero-order valence-corrected chi connectivity index (χ0v) is 12.8. The van der Waals surface area contributed by atoms with Gasteiger partial charge in [-0.3, -0.25) is 9.88 Å². The van der Waals surface area contributed by atoms with Gasteiger partial charge < -0.3 is 10.1 Å². The molecule has 0 saturated carbocycles. The Balaban J connectivity index is 1.67. The van der Waals surface area contributed by atoms with Crippen molar-refractivity contribution < 1.29 is 4.74 Å². The van der Waals surface area contributed by atoms with Gasteiger partial charge >= 0.3 is 0 Å². The highest BCUT2D eigenvalue weighted by atomic mass is 16.5. The third kappa shape index (κ3) is 2.42. The SMILES string of the molecule is COc1c(C)cnc(CNC2CCN3CCCC23)c1C. The Morgan fingerprint density at radius 2 is 2.20 bits per heavy atom. The Bertz CT molecular complexity index is 489. The number of nitrogens with one attached hydrogen (secondary N) is 1. The lowest BCUT2D eigenvalue weighted by Crippen LogP contribution is -2.39. The van der Waals surface area contributed by atoms with E-state index in [0.29, 0.717) is 6.04 Å². The summed E-state index contributed by atoms with van der Waals surface area (Å²) in [6.45, 7) is 7.54. The van der Waals surface area contributed by atoms with Crippen LogP contribution in [-0.4, -0.2) is 42.2 Å². The zero-order valence-electron chi connectivity index (χ0n) is 12.8. The van der Waals surface area contributed by atoms with Gasteiger partial charge in [0.05, 0.1) is 12.8 Å². The van der Waals surface area contributed by atoms with E-state index >= 15 is 0 Å². The van der Waals surface area contributed by atoms with Gasteiger partial charge in [-0.2, -0.15) is 0 Å². The van der Waals surface area contributed by atoms with Crippen LogP contribution in [-0.2, 0) is 6.54 Å². The van der Waals surface area contributed by atoms with E-state index in [4.69, 9.17) is 4.74 Å². The third-order valence-electron chi connectivity index (χ3n) is 4.89. The van der Waals surface area contributed by atoms with E-state index < -0.39 is 0 Å². The molecule has 2 unspecified atom stereocenters. The largest absolute Gasteiger partial charge is 0.496 e. The highest BCUT2D eigenvalue weighted by molar-refractivity contribution is 5.41. The highest BCUT2D eigenvalue weighted by Gasteiger charge is 2.36. The molecule has 0 radical (unpaired) electrons. The molecule has 110 valence electrons. The van der Waals surface area contributed by atoms with Gasteiger partial charge in [0.1, 0.15) is 5.75 Å². The average molecular weight is 275 g/mol. The number of aromatic nitrogens is 1. The van der Waals surface area contributed by atoms with Gasteiger partial charge in [-0.15, -0.1) is 0 Å². The second-order valence-electron chi connectivity index (χ2n) is 6.07. The molecule has 4 nitrogen and oxygen atoms in total. The molecule has 2 atom stereocenters. The fourth-order valence-electron chi connectivity index (χ4n) is 3.80. The molecule has 0 aliphatic carbocycles. The van der Waals surface area contributed by atoms with Crippen LogP contribution in [0.4, 0.5) is 0 Å². The van der Waals surface area contributed by atoms with E-state index in [9.17, 15) is 0 Å². The quantitative estimate of drug-likeness (QED) is 0.912. The van der Waals surface area contributed by atoms with Gasteiger partial charge in [0.25, 0.3) is 0 Å². The van der Waals surface area contributed by atoms with Crippen molar-refractivity contribution in [1.29, 1.82) is 0 Å². The third-order valence-corrected chi connectivity index (χ3v) is 4.89. The zero-order chi connectivity index (χ0) is 14.1. The predicted octanol–water partition coefficient (Wildman–Crippen LogP) is 2.03. The van der Waals surface area contributed by atoms with Gasteiger partial charge in [0, 0.05) is 42.5 Å². The fraction of sp³-hybridized carbons (Fsp3) is 0.688. The summed E-state index contributed by atoms with van der Waals surface area (Å²) in [5.41, 5.74) is 3.39. The minimum Gasteiger partial charge on any atom is -0.496 e. The Labute approximate surface area is 121 Å². The normalized spacial score (nSPS) is 25.9. The second-order valence-corrected chi connectivity index (χ2v) is 6.07. The Morgan fingerprint density at radius 1 is 1.35 bits per heavy atom. The first-order chi connectivity index (χ1) is 9.70. The summed E-state index contributed by atoms with van der Waals surface area (Å²) in [6.07, 6.45) is 5.89. The summed E-state index contributed by atoms with van der Waals surface area (Å²) in [4.78, 5) is 7.21. The van der Waals surface area contributed by atoms with Crippen LogP contribution in [0.1, 0.15) is 36.1 Å². The minimum absolute atomic E-state index is 0.631. The summed E-state index contributed by atoms with van der Waals surface area (Å²) in [6, 6.07) is 1.38. The average Bonchev–Trinajstić information content (AvgIpc) is 3.02. The number of hydrogen-bond acceptors (Lipinski definition) is 4. The van der Waals surface area contributed by atoms with Gasteiger partial charge in [0.2, 0.25) is 0 Å². The van der Waals surface area contributed by atoms with Crippen LogP contribution < -0.4 is 10.1 Å². The molecule has 1 aromatic heterocycles. The molecule has 0 amide bonds. The van der Waals surface area contributed by atoms with Crippen LogP contribution >= 0.6 is 0 Å². The summed E-state index contributed by atoms with van der Waals surface area (Å²) >= 11 is 0. The van der Waals surface area contributed by atoms with Crippen molar-refractivity contribution in [2.24, 2.45) is 0 Å². The second kappa shape index (κ2) is 5.70. The predicted molar refractivity (Wildman–Crippen MR) is 80.1 cm³/mol. The molecule has 4 heteroatoms. The number of pyridine rings is 1. The maximum Gasteiger partial charge on any atom is 0.128 e. The van der Waals surface area contributed by atoms with Crippen LogP contribution in [0.2, 0.25) is 0 Å². The first-order valence-corrected chi connectivity index (χ1v) is 7.67. The first kappa shape index (κ1) is 13.8. The molecule has 3 heterocycles. The highest BCUT2D eigenvalue weighted by Crippen LogP contribution is 2.29. The molecule has 1 aromatic rings. The number of aryl methyl sites for hydroxylation is 1. The van der Waals surface area contributed by atoms with E-state index in [2.05, 4.69) is 22.1 Å². The number of rotatable bonds is 4. The van der Waals surface area contributed by atoms with E-state index in [-0.39, 0.29) is 0 Å². The summed E-state index contributed by atoms with van der Waals surface area (Å²) in [5.74, 6) is 0.978. The van der Waals surface area contributed by atoms with E-state index in [1.165, 1.54) is 37.9 Å². The molecule has 1 N–H and O–H groups in total. The van der Waals surface area contributed by atoms with Crippen LogP contribution in [0.15, 0.2) is 6.20 Å². The van der Waals surface area contributed by atoms with Crippen LogP contribution in [0.3, 0.4) is 0 Å². The van der Waals surface area contributed by atoms with Crippen molar-refractivity contribution in [2.75, 3.05) is 20.2 Å². The molecule has 0 bridgehead atoms. The summed E-state index contributed by atoms with van der Waals surface area (Å²) in [7, 11) is 1.74. The first-order valence-electron chi connectivity index (χ1n) is 7.67. The Kier molecular flexibility index (Phi) is 3.94. The molecule has 0 aromatic carbocycles. The maximum atomic E-state index is 5.48. The molecule has 2 aliphatic heterocycles. The number of fused-ring (bicyclic) bond motifs is 1. The van der Waals surface area contributed by atoms with E-state index in [0.717, 1.165) is 29.6 Å². The molecule has 20 heavy (non-hydrogen) atoms. The smallest absolute Gasteiger partial charge is 0.128 e. The van der Waals surface area contributed by atoms with Crippen molar-refractivity contribution in [3.05, 3.63) is 23.0 Å². The van der Waals surface area contributed by atoms with Crippen molar-refractivity contribution in [3.8, 4) is 5.75 Å². The summed E-state index contributed by atoms with van der Waals surface area (Å²) < 4.78 is 5.48. The lowest BCUT2D eigenvalue weighted by atomic mass is 10.1. The molecular formula is C16H25N3O. The van der Waals surface area contributed by atoms with Crippen molar-refractivity contribution in [3.63, 3.8) is 0 Å². The number of ether oxygens (including phenoxy) is 1. The summed E-state index contributed by atoms with van der Waals surface area (Å²) in [5, 5.41) is 3.72. The lowest BCUT2D eigenvalue weighted by molar-refractivity contribution is 0.298. The van der Waals surface area contributed by atoms with Crippen molar-refractivity contribution in [2.45, 2.75) is 51.7 Å². The lowest BCUT2D eigenvalue weighted by Gasteiger charge is -2.22. The van der Waals surface area contributed by atoms with E-state index in [1.54, 1.807) is 7.11 Å². The van der Waals surface area contributed by atoms with Crippen LogP contribution in [0.5, 0.6) is 5.75 Å². The molecule has 3 rings (SSSR count). The monoisotopic (exact) mass is 275 g/mol. The van der Waals surface area contributed by atoms with Crippen molar-refractivity contribution >= 4 is 0 Å². The van der Waals surface area contributed by atoms with Gasteiger partial charge in [-0.05, 0) is 39.7 Å². The van der Waals surface area contributed by atoms with Gasteiger partial charge in [-0.25, -0.2) is 0 Å². The maximum absolute atomic E-state index is 5.48. The minimum atomic E-state index is 0.631.